The third-order valence-electron chi connectivity index (χ3n) is 3.48. The van der Waals surface area contributed by atoms with Crippen molar-refractivity contribution < 1.29 is 18.3 Å². The van der Waals surface area contributed by atoms with Gasteiger partial charge in [0.25, 0.3) is 10.0 Å². The summed E-state index contributed by atoms with van der Waals surface area (Å²) in [7, 11) is -3.78. The topological polar surface area (TPSA) is 83.5 Å². The first-order chi connectivity index (χ1) is 9.40. The number of carbonyl (C=O) groups is 1. The van der Waals surface area contributed by atoms with Crippen LogP contribution in [0.25, 0.3) is 0 Å². The van der Waals surface area contributed by atoms with Crippen molar-refractivity contribution in [3.63, 3.8) is 0 Å². The van der Waals surface area contributed by atoms with Crippen LogP contribution in [0.4, 0.5) is 0 Å². The van der Waals surface area contributed by atoms with Crippen LogP contribution in [0.2, 0.25) is 0 Å². The lowest BCUT2D eigenvalue weighted by molar-refractivity contribution is -0.140. The van der Waals surface area contributed by atoms with Gasteiger partial charge >= 0.3 is 5.97 Å². The molecule has 0 spiro atoms. The Morgan fingerprint density at radius 2 is 2.00 bits per heavy atom. The molecule has 0 aliphatic heterocycles. The zero-order valence-electron chi connectivity index (χ0n) is 10.7. The Bertz CT molecular complexity index is 578. The maximum Gasteiger partial charge on any atom is 0.322 e. The largest absolute Gasteiger partial charge is 0.480 e. The van der Waals surface area contributed by atoms with Gasteiger partial charge in [0.05, 0.1) is 3.79 Å². The van der Waals surface area contributed by atoms with Gasteiger partial charge < -0.3 is 5.11 Å². The molecule has 0 radical (unpaired) electrons. The average molecular weight is 382 g/mol. The second kappa shape index (κ2) is 6.55. The normalized spacial score (nSPS) is 18.9. The number of aliphatic carboxylic acids is 1. The van der Waals surface area contributed by atoms with E-state index in [1.165, 1.54) is 6.07 Å². The van der Waals surface area contributed by atoms with Crippen LogP contribution in [0.15, 0.2) is 20.1 Å². The summed E-state index contributed by atoms with van der Waals surface area (Å²) in [5.41, 5.74) is 0. The molecule has 1 atom stereocenters. The molecule has 0 bridgehead atoms. The summed E-state index contributed by atoms with van der Waals surface area (Å²) in [5, 5.41) is 9.31. The molecule has 2 N–H and O–H groups in total. The van der Waals surface area contributed by atoms with Gasteiger partial charge in [-0.3, -0.25) is 4.79 Å². The fourth-order valence-corrected chi connectivity index (χ4v) is 5.77. The standard InChI is InChI=1S/C12H16BrNO4S2/c13-9-6-7-10(19-9)20(17,18)14-11(12(15)16)8-4-2-1-3-5-8/h6-8,11,14H,1-5H2,(H,15,16). The number of thiophene rings is 1. The summed E-state index contributed by atoms with van der Waals surface area (Å²) in [6.07, 6.45) is 4.52. The maximum atomic E-state index is 12.2. The number of hydrogen-bond acceptors (Lipinski definition) is 4. The number of carboxylic acid groups (broad SMARTS) is 1. The van der Waals surface area contributed by atoms with Gasteiger partial charge in [0.1, 0.15) is 10.3 Å². The molecule has 112 valence electrons. The summed E-state index contributed by atoms with van der Waals surface area (Å²) in [4.78, 5) is 11.4. The molecule has 1 saturated carbocycles. The molecular weight excluding hydrogens is 366 g/mol. The van der Waals surface area contributed by atoms with Gasteiger partial charge in [-0.25, -0.2) is 8.42 Å². The predicted molar refractivity (Wildman–Crippen MR) is 80.3 cm³/mol. The number of carboxylic acids is 1. The van der Waals surface area contributed by atoms with E-state index in [0.29, 0.717) is 3.79 Å². The summed E-state index contributed by atoms with van der Waals surface area (Å²) in [6, 6.07) is 2.06. The van der Waals surface area contributed by atoms with Crippen LogP contribution >= 0.6 is 27.3 Å². The zero-order valence-corrected chi connectivity index (χ0v) is 13.9. The fourth-order valence-electron chi connectivity index (χ4n) is 2.48. The molecule has 0 saturated heterocycles. The number of hydrogen-bond donors (Lipinski definition) is 2. The van der Waals surface area contributed by atoms with Crippen LogP contribution in [0.1, 0.15) is 32.1 Å². The van der Waals surface area contributed by atoms with E-state index in [2.05, 4.69) is 20.7 Å². The first kappa shape index (κ1) is 15.9. The van der Waals surface area contributed by atoms with Crippen LogP contribution in [0.3, 0.4) is 0 Å². The molecule has 8 heteroatoms. The van der Waals surface area contributed by atoms with Gasteiger partial charge in [-0.15, -0.1) is 11.3 Å². The monoisotopic (exact) mass is 381 g/mol. The highest BCUT2D eigenvalue weighted by atomic mass is 79.9. The van der Waals surface area contributed by atoms with Crippen molar-refractivity contribution in [1.82, 2.24) is 4.72 Å². The molecule has 1 aromatic rings. The average Bonchev–Trinajstić information content (AvgIpc) is 2.84. The lowest BCUT2D eigenvalue weighted by Gasteiger charge is -2.27. The summed E-state index contributed by atoms with van der Waals surface area (Å²) < 4.78 is 27.6. The van der Waals surface area contributed by atoms with Gasteiger partial charge in [0.2, 0.25) is 0 Å². The van der Waals surface area contributed by atoms with E-state index in [9.17, 15) is 18.3 Å². The first-order valence-electron chi connectivity index (χ1n) is 6.40. The van der Waals surface area contributed by atoms with Gasteiger partial charge in [-0.1, -0.05) is 19.3 Å². The molecule has 1 fully saturated rings. The van der Waals surface area contributed by atoms with Crippen LogP contribution in [-0.2, 0) is 14.8 Å². The summed E-state index contributed by atoms with van der Waals surface area (Å²) in [6.45, 7) is 0. The van der Waals surface area contributed by atoms with E-state index < -0.39 is 22.0 Å². The van der Waals surface area contributed by atoms with Gasteiger partial charge in [-0.05, 0) is 46.8 Å². The maximum absolute atomic E-state index is 12.2. The number of halogens is 1. The Labute approximate surface area is 130 Å². The molecule has 0 aromatic carbocycles. The highest BCUT2D eigenvalue weighted by Gasteiger charge is 2.33. The minimum Gasteiger partial charge on any atom is -0.480 e. The molecule has 0 amide bonds. The van der Waals surface area contributed by atoms with E-state index in [1.807, 2.05) is 0 Å². The van der Waals surface area contributed by atoms with Crippen molar-refractivity contribution in [2.45, 2.75) is 42.4 Å². The molecule has 1 aliphatic rings. The Kier molecular flexibility index (Phi) is 5.22. The predicted octanol–water partition coefficient (Wildman–Crippen LogP) is 2.82. The summed E-state index contributed by atoms with van der Waals surface area (Å²) >= 11 is 4.27. The minimum absolute atomic E-state index is 0.126. The van der Waals surface area contributed by atoms with Crippen molar-refractivity contribution in [3.8, 4) is 0 Å². The number of sulfonamides is 1. The van der Waals surface area contributed by atoms with Crippen LogP contribution in [0, 0.1) is 5.92 Å². The molecule has 2 rings (SSSR count). The molecular formula is C12H16BrNO4S2. The van der Waals surface area contributed by atoms with Crippen molar-refractivity contribution in [3.05, 3.63) is 15.9 Å². The second-order valence-corrected chi connectivity index (χ2v) is 9.30. The van der Waals surface area contributed by atoms with Crippen molar-refractivity contribution in [2.75, 3.05) is 0 Å². The molecule has 1 aliphatic carbocycles. The molecule has 1 unspecified atom stereocenters. The van der Waals surface area contributed by atoms with Crippen LogP contribution in [-0.4, -0.2) is 25.5 Å². The molecule has 1 aromatic heterocycles. The molecule has 1 heterocycles. The van der Waals surface area contributed by atoms with E-state index in [4.69, 9.17) is 0 Å². The van der Waals surface area contributed by atoms with E-state index >= 15 is 0 Å². The Morgan fingerprint density at radius 3 is 2.50 bits per heavy atom. The minimum atomic E-state index is -3.78. The first-order valence-corrected chi connectivity index (χ1v) is 9.50. The lowest BCUT2D eigenvalue weighted by atomic mass is 9.84. The van der Waals surface area contributed by atoms with Crippen LogP contribution < -0.4 is 4.72 Å². The zero-order chi connectivity index (χ0) is 14.8. The van der Waals surface area contributed by atoms with Gasteiger partial charge in [0.15, 0.2) is 0 Å². The van der Waals surface area contributed by atoms with Crippen molar-refractivity contribution in [2.24, 2.45) is 5.92 Å². The highest BCUT2D eigenvalue weighted by Crippen LogP contribution is 2.29. The SMILES string of the molecule is O=C(O)C(NS(=O)(=O)c1ccc(Br)s1)C1CCCCC1. The Morgan fingerprint density at radius 1 is 1.35 bits per heavy atom. The number of nitrogens with one attached hydrogen (secondary N) is 1. The fraction of sp³-hybridized carbons (Fsp3) is 0.583. The Hall–Kier alpha value is -0.440. The smallest absolute Gasteiger partial charge is 0.322 e. The van der Waals surface area contributed by atoms with E-state index in [-0.39, 0.29) is 10.1 Å². The van der Waals surface area contributed by atoms with Gasteiger partial charge in [-0.2, -0.15) is 4.72 Å². The third-order valence-corrected chi connectivity index (χ3v) is 7.04. The lowest BCUT2D eigenvalue weighted by Crippen LogP contribution is -2.46. The second-order valence-electron chi connectivity index (χ2n) is 4.89. The summed E-state index contributed by atoms with van der Waals surface area (Å²) in [5.74, 6) is -1.23. The third kappa shape index (κ3) is 3.81. The van der Waals surface area contributed by atoms with Crippen molar-refractivity contribution in [1.29, 1.82) is 0 Å². The van der Waals surface area contributed by atoms with E-state index in [0.717, 1.165) is 43.4 Å². The highest BCUT2D eigenvalue weighted by molar-refractivity contribution is 9.11. The van der Waals surface area contributed by atoms with E-state index in [1.54, 1.807) is 6.07 Å². The molecule has 20 heavy (non-hydrogen) atoms. The quantitative estimate of drug-likeness (QED) is 0.820. The Balaban J connectivity index is 2.17. The number of rotatable bonds is 5. The van der Waals surface area contributed by atoms with Gasteiger partial charge in [0, 0.05) is 0 Å². The van der Waals surface area contributed by atoms with Crippen molar-refractivity contribution >= 4 is 43.3 Å². The van der Waals surface area contributed by atoms with Crippen LogP contribution in [0.5, 0.6) is 0 Å². The molecule has 5 nitrogen and oxygen atoms in total.